The average molecular weight is 205 g/mol. The first-order chi connectivity index (χ1) is 5.60. The summed E-state index contributed by atoms with van der Waals surface area (Å²) in [7, 11) is 0. The molecule has 0 N–H and O–H groups in total. The highest BCUT2D eigenvalue weighted by atomic mass is 19.4. The van der Waals surface area contributed by atoms with Crippen LogP contribution in [0.3, 0.4) is 0 Å². The van der Waals surface area contributed by atoms with Crippen molar-refractivity contribution in [1.29, 1.82) is 0 Å². The van der Waals surface area contributed by atoms with Gasteiger partial charge in [0.05, 0.1) is 0 Å². The summed E-state index contributed by atoms with van der Waals surface area (Å²) in [6.45, 7) is 6.72. The van der Waals surface area contributed by atoms with Crippen molar-refractivity contribution in [3.63, 3.8) is 0 Å². The van der Waals surface area contributed by atoms with Crippen LogP contribution in [0.5, 0.6) is 0 Å². The Bertz CT molecular complexity index is 195. The molecule has 0 bridgehead atoms. The van der Waals surface area contributed by atoms with Crippen molar-refractivity contribution >= 4 is 0 Å². The van der Waals surface area contributed by atoms with E-state index in [1.807, 2.05) is 0 Å². The lowest BCUT2D eigenvalue weighted by Gasteiger charge is -2.21. The third kappa shape index (κ3) is 3.13. The van der Waals surface area contributed by atoms with E-state index in [0.29, 0.717) is 6.92 Å². The second-order valence-corrected chi connectivity index (χ2v) is 2.43. The molecule has 0 saturated heterocycles. The van der Waals surface area contributed by atoms with Crippen LogP contribution in [0.25, 0.3) is 4.85 Å². The summed E-state index contributed by atoms with van der Waals surface area (Å²) < 4.78 is 70.7. The van der Waals surface area contributed by atoms with Gasteiger partial charge in [-0.25, -0.2) is 6.57 Å². The van der Waals surface area contributed by atoms with Crippen molar-refractivity contribution in [1.82, 2.24) is 0 Å². The minimum atomic E-state index is -5.41. The Labute approximate surface area is 70.2 Å². The monoisotopic (exact) mass is 205 g/mol. The lowest BCUT2D eigenvalue weighted by molar-refractivity contribution is -0.285. The molecule has 0 aromatic carbocycles. The molecule has 0 aliphatic heterocycles. The molecule has 0 fully saturated rings. The topological polar surface area (TPSA) is 4.36 Å². The Hall–Kier alpha value is -0.930. The SMILES string of the molecule is [C-]#[N+]C(C)C(C(F)(F)F)C(F)(F)F. The molecule has 76 valence electrons. The van der Waals surface area contributed by atoms with Crippen LogP contribution in [0.1, 0.15) is 6.92 Å². The van der Waals surface area contributed by atoms with E-state index in [1.54, 1.807) is 0 Å². The summed E-state index contributed by atoms with van der Waals surface area (Å²) >= 11 is 0. The minimum Gasteiger partial charge on any atom is -0.313 e. The molecule has 0 aliphatic rings. The van der Waals surface area contributed by atoms with Crippen molar-refractivity contribution < 1.29 is 26.3 Å². The van der Waals surface area contributed by atoms with Crippen LogP contribution < -0.4 is 0 Å². The number of hydrogen-bond donors (Lipinski definition) is 0. The first-order valence-electron chi connectivity index (χ1n) is 3.10. The fraction of sp³-hybridized carbons (Fsp3) is 0.833. The standard InChI is InChI=1S/C6H5F6N/c1-3(13-2)4(5(7,8)9)6(10,11)12/h3-4H,1H3. The normalized spacial score (nSPS) is 15.6. The molecule has 1 atom stereocenters. The molecule has 0 radical (unpaired) electrons. The summed E-state index contributed by atoms with van der Waals surface area (Å²) in [5.74, 6) is -3.56. The number of alkyl halides is 6. The largest absolute Gasteiger partial charge is 0.408 e. The van der Waals surface area contributed by atoms with Gasteiger partial charge in [0.15, 0.2) is 0 Å². The maximum absolute atomic E-state index is 11.8. The van der Waals surface area contributed by atoms with Gasteiger partial charge in [0, 0.05) is 6.92 Å². The summed E-state index contributed by atoms with van der Waals surface area (Å²) in [5, 5.41) is 0. The summed E-state index contributed by atoms with van der Waals surface area (Å²) in [6, 6.07) is -2.14. The minimum absolute atomic E-state index is 0.596. The zero-order valence-electron chi connectivity index (χ0n) is 6.37. The molecule has 1 unspecified atom stereocenters. The molecule has 0 aromatic rings. The van der Waals surface area contributed by atoms with Gasteiger partial charge in [-0.2, -0.15) is 26.3 Å². The fourth-order valence-corrected chi connectivity index (χ4v) is 0.807. The van der Waals surface area contributed by atoms with Crippen molar-refractivity contribution in [2.24, 2.45) is 5.92 Å². The van der Waals surface area contributed by atoms with E-state index < -0.39 is 24.3 Å². The predicted octanol–water partition coefficient (Wildman–Crippen LogP) is 3.03. The summed E-state index contributed by atoms with van der Waals surface area (Å²) in [5.41, 5.74) is 0. The quantitative estimate of drug-likeness (QED) is 0.457. The van der Waals surface area contributed by atoms with Crippen LogP contribution in [-0.2, 0) is 0 Å². The van der Waals surface area contributed by atoms with Crippen LogP contribution >= 0.6 is 0 Å². The van der Waals surface area contributed by atoms with E-state index in [1.165, 1.54) is 0 Å². The smallest absolute Gasteiger partial charge is 0.313 e. The van der Waals surface area contributed by atoms with Crippen molar-refractivity contribution in [3.8, 4) is 0 Å². The van der Waals surface area contributed by atoms with E-state index in [2.05, 4.69) is 4.85 Å². The lowest BCUT2D eigenvalue weighted by Crippen LogP contribution is -2.42. The first kappa shape index (κ1) is 12.1. The molecule has 1 nitrogen and oxygen atoms in total. The zero-order valence-corrected chi connectivity index (χ0v) is 6.37. The van der Waals surface area contributed by atoms with Crippen LogP contribution in [0.2, 0.25) is 0 Å². The van der Waals surface area contributed by atoms with Gasteiger partial charge in [0.25, 0.3) is 0 Å². The molecule has 0 saturated carbocycles. The van der Waals surface area contributed by atoms with Gasteiger partial charge in [-0.1, -0.05) is 0 Å². The van der Waals surface area contributed by atoms with Crippen molar-refractivity contribution in [3.05, 3.63) is 11.4 Å². The highest BCUT2D eigenvalue weighted by Gasteiger charge is 2.62. The number of halogens is 6. The van der Waals surface area contributed by atoms with Crippen LogP contribution in [0.4, 0.5) is 26.3 Å². The third-order valence-corrected chi connectivity index (χ3v) is 1.39. The Kier molecular flexibility index (Phi) is 3.19. The van der Waals surface area contributed by atoms with Gasteiger partial charge in [0.2, 0.25) is 12.0 Å². The molecule has 7 heteroatoms. The zero-order chi connectivity index (χ0) is 10.9. The summed E-state index contributed by atoms with van der Waals surface area (Å²) in [6.07, 6.45) is -10.8. The van der Waals surface area contributed by atoms with Gasteiger partial charge < -0.3 is 4.85 Å². The van der Waals surface area contributed by atoms with Gasteiger partial charge in [0.1, 0.15) is 0 Å². The second-order valence-electron chi connectivity index (χ2n) is 2.43. The third-order valence-electron chi connectivity index (χ3n) is 1.39. The Morgan fingerprint density at radius 3 is 1.38 bits per heavy atom. The lowest BCUT2D eigenvalue weighted by atomic mass is 10.0. The molecule has 13 heavy (non-hydrogen) atoms. The highest BCUT2D eigenvalue weighted by Crippen LogP contribution is 2.42. The van der Waals surface area contributed by atoms with Gasteiger partial charge in [-0.15, -0.1) is 0 Å². The maximum atomic E-state index is 11.8. The fourth-order valence-electron chi connectivity index (χ4n) is 0.807. The first-order valence-corrected chi connectivity index (χ1v) is 3.10. The molecule has 0 heterocycles. The number of rotatable bonds is 1. The van der Waals surface area contributed by atoms with Crippen LogP contribution in [0, 0.1) is 12.5 Å². The number of hydrogen-bond acceptors (Lipinski definition) is 0. The average Bonchev–Trinajstić information content (AvgIpc) is 1.80. The van der Waals surface area contributed by atoms with E-state index >= 15 is 0 Å². The van der Waals surface area contributed by atoms with Gasteiger partial charge in [-0.05, 0) is 0 Å². The molecule has 0 rings (SSSR count). The van der Waals surface area contributed by atoms with E-state index in [4.69, 9.17) is 6.57 Å². The van der Waals surface area contributed by atoms with Crippen LogP contribution in [0.15, 0.2) is 0 Å². The molecule has 0 aromatic heterocycles. The van der Waals surface area contributed by atoms with Crippen molar-refractivity contribution in [2.75, 3.05) is 0 Å². The molecular weight excluding hydrogens is 200 g/mol. The molecular formula is C6H5F6N. The Morgan fingerprint density at radius 1 is 1.00 bits per heavy atom. The van der Waals surface area contributed by atoms with Gasteiger partial charge in [-0.3, -0.25) is 0 Å². The van der Waals surface area contributed by atoms with E-state index in [9.17, 15) is 26.3 Å². The Balaban J connectivity index is 4.91. The molecule has 0 amide bonds. The van der Waals surface area contributed by atoms with Gasteiger partial charge >= 0.3 is 12.4 Å². The molecule has 0 spiro atoms. The summed E-state index contributed by atoms with van der Waals surface area (Å²) in [4.78, 5) is 2.23. The highest BCUT2D eigenvalue weighted by molar-refractivity contribution is 4.90. The van der Waals surface area contributed by atoms with Crippen molar-refractivity contribution in [2.45, 2.75) is 25.3 Å². The number of nitrogens with zero attached hydrogens (tertiary/aromatic N) is 1. The predicted molar refractivity (Wildman–Crippen MR) is 31.7 cm³/mol. The van der Waals surface area contributed by atoms with E-state index in [0.717, 1.165) is 0 Å². The van der Waals surface area contributed by atoms with Crippen LogP contribution in [-0.4, -0.2) is 18.4 Å². The second kappa shape index (κ2) is 3.44. The maximum Gasteiger partial charge on any atom is 0.408 e. The van der Waals surface area contributed by atoms with E-state index in [-0.39, 0.29) is 0 Å². The Morgan fingerprint density at radius 2 is 1.31 bits per heavy atom. The molecule has 0 aliphatic carbocycles.